The lowest BCUT2D eigenvalue weighted by Crippen LogP contribution is -2.55. The van der Waals surface area contributed by atoms with Crippen molar-refractivity contribution in [3.8, 4) is 0 Å². The average Bonchev–Trinajstić information content (AvgIpc) is 2.75. The standard InChI is InChI=1S/C12H19N3O5/c1-8-13-10(20-15-8)6-4-5-9(16)14-12(2,7-19-3)11(17)18/h4-7H2,1-3H3,(H,14,16)(H,17,18). The number of aryl methyl sites for hydroxylation is 2. The van der Waals surface area contributed by atoms with Crippen molar-refractivity contribution in [2.45, 2.75) is 38.6 Å². The van der Waals surface area contributed by atoms with Crippen LogP contribution >= 0.6 is 0 Å². The molecule has 112 valence electrons. The molecule has 1 amide bonds. The maximum atomic E-state index is 11.7. The third-order valence-electron chi connectivity index (χ3n) is 2.68. The van der Waals surface area contributed by atoms with Gasteiger partial charge in [0.05, 0.1) is 6.61 Å². The number of nitrogens with zero attached hydrogens (tertiary/aromatic N) is 2. The van der Waals surface area contributed by atoms with Crippen LogP contribution in [0.5, 0.6) is 0 Å². The molecule has 8 nitrogen and oxygen atoms in total. The molecule has 1 aromatic heterocycles. The van der Waals surface area contributed by atoms with Gasteiger partial charge in [0.2, 0.25) is 11.8 Å². The van der Waals surface area contributed by atoms with Crippen molar-refractivity contribution in [2.24, 2.45) is 0 Å². The maximum Gasteiger partial charge on any atom is 0.331 e. The highest BCUT2D eigenvalue weighted by atomic mass is 16.5. The number of aliphatic carboxylic acids is 1. The Morgan fingerprint density at radius 1 is 1.50 bits per heavy atom. The number of hydrogen-bond acceptors (Lipinski definition) is 6. The third kappa shape index (κ3) is 4.61. The Morgan fingerprint density at radius 2 is 2.20 bits per heavy atom. The van der Waals surface area contributed by atoms with Crippen LogP contribution in [0, 0.1) is 6.92 Å². The number of carbonyl (C=O) groups is 2. The van der Waals surface area contributed by atoms with Crippen LogP contribution in [0.1, 0.15) is 31.5 Å². The van der Waals surface area contributed by atoms with Gasteiger partial charge >= 0.3 is 5.97 Å². The minimum absolute atomic E-state index is 0.100. The van der Waals surface area contributed by atoms with Gasteiger partial charge in [-0.25, -0.2) is 4.79 Å². The summed E-state index contributed by atoms with van der Waals surface area (Å²) in [6.07, 6.45) is 1.15. The second-order valence-corrected chi connectivity index (χ2v) is 4.71. The Morgan fingerprint density at radius 3 is 2.70 bits per heavy atom. The summed E-state index contributed by atoms with van der Waals surface area (Å²) in [7, 11) is 1.38. The Kier molecular flexibility index (Phi) is 5.63. The molecule has 1 atom stereocenters. The number of ether oxygens (including phenoxy) is 1. The highest BCUT2D eigenvalue weighted by Crippen LogP contribution is 2.07. The van der Waals surface area contributed by atoms with Crippen molar-refractivity contribution in [1.82, 2.24) is 15.5 Å². The van der Waals surface area contributed by atoms with Gasteiger partial charge in [0.1, 0.15) is 0 Å². The molecule has 1 unspecified atom stereocenters. The SMILES string of the molecule is COCC(C)(NC(=O)CCCc1nc(C)no1)C(=O)O. The summed E-state index contributed by atoms with van der Waals surface area (Å²) < 4.78 is 9.73. The molecular formula is C12H19N3O5. The van der Waals surface area contributed by atoms with E-state index in [-0.39, 0.29) is 18.9 Å². The molecule has 20 heavy (non-hydrogen) atoms. The Labute approximate surface area is 116 Å². The van der Waals surface area contributed by atoms with Crippen molar-refractivity contribution >= 4 is 11.9 Å². The number of methoxy groups -OCH3 is 1. The van der Waals surface area contributed by atoms with Crippen LogP contribution in [0.25, 0.3) is 0 Å². The highest BCUT2D eigenvalue weighted by molar-refractivity contribution is 5.86. The second-order valence-electron chi connectivity index (χ2n) is 4.71. The van der Waals surface area contributed by atoms with Gasteiger partial charge < -0.3 is 19.7 Å². The molecule has 1 rings (SSSR count). The minimum Gasteiger partial charge on any atom is -0.479 e. The number of carboxylic acid groups (broad SMARTS) is 1. The predicted molar refractivity (Wildman–Crippen MR) is 68.0 cm³/mol. The molecule has 2 N–H and O–H groups in total. The van der Waals surface area contributed by atoms with Gasteiger partial charge in [0, 0.05) is 20.0 Å². The van der Waals surface area contributed by atoms with E-state index in [4.69, 9.17) is 14.4 Å². The molecule has 0 bridgehead atoms. The van der Waals surface area contributed by atoms with Crippen molar-refractivity contribution in [3.05, 3.63) is 11.7 Å². The van der Waals surface area contributed by atoms with Crippen molar-refractivity contribution in [3.63, 3.8) is 0 Å². The first kappa shape index (κ1) is 16.1. The fourth-order valence-corrected chi connectivity index (χ4v) is 1.65. The Balaban J connectivity index is 2.40. The zero-order chi connectivity index (χ0) is 15.2. The first-order valence-electron chi connectivity index (χ1n) is 6.20. The van der Waals surface area contributed by atoms with Crippen LogP contribution in [0.3, 0.4) is 0 Å². The van der Waals surface area contributed by atoms with Crippen LogP contribution in [0.15, 0.2) is 4.52 Å². The van der Waals surface area contributed by atoms with E-state index in [1.54, 1.807) is 6.92 Å². The van der Waals surface area contributed by atoms with E-state index in [0.717, 1.165) is 0 Å². The van der Waals surface area contributed by atoms with Gasteiger partial charge in [-0.15, -0.1) is 0 Å². The number of hydrogen-bond donors (Lipinski definition) is 2. The average molecular weight is 285 g/mol. The summed E-state index contributed by atoms with van der Waals surface area (Å²) in [5, 5.41) is 15.2. The van der Waals surface area contributed by atoms with Crippen molar-refractivity contribution in [1.29, 1.82) is 0 Å². The van der Waals surface area contributed by atoms with Crippen molar-refractivity contribution < 1.29 is 24.0 Å². The number of rotatable bonds is 8. The maximum absolute atomic E-state index is 11.7. The predicted octanol–water partition coefficient (Wildman–Crippen LogP) is 0.307. The fraction of sp³-hybridized carbons (Fsp3) is 0.667. The Hall–Kier alpha value is -1.96. The first-order valence-corrected chi connectivity index (χ1v) is 6.20. The van der Waals surface area contributed by atoms with E-state index < -0.39 is 11.5 Å². The molecule has 1 heterocycles. The minimum atomic E-state index is -1.42. The summed E-state index contributed by atoms with van der Waals surface area (Å²) in [5.74, 6) is -0.486. The summed E-state index contributed by atoms with van der Waals surface area (Å²) in [5.41, 5.74) is -1.42. The second kappa shape index (κ2) is 6.99. The number of carbonyl (C=O) groups excluding carboxylic acids is 1. The van der Waals surface area contributed by atoms with Crippen LogP contribution < -0.4 is 5.32 Å². The molecule has 0 aliphatic heterocycles. The smallest absolute Gasteiger partial charge is 0.331 e. The topological polar surface area (TPSA) is 115 Å². The first-order chi connectivity index (χ1) is 9.37. The van der Waals surface area contributed by atoms with Gasteiger partial charge in [-0.2, -0.15) is 4.98 Å². The van der Waals surface area contributed by atoms with Crippen LogP contribution in [0.4, 0.5) is 0 Å². The quantitative estimate of drug-likeness (QED) is 0.706. The Bertz CT molecular complexity index is 473. The summed E-state index contributed by atoms with van der Waals surface area (Å²) in [6.45, 7) is 3.01. The number of aromatic nitrogens is 2. The van der Waals surface area contributed by atoms with Crippen molar-refractivity contribution in [2.75, 3.05) is 13.7 Å². The largest absolute Gasteiger partial charge is 0.479 e. The lowest BCUT2D eigenvalue weighted by Gasteiger charge is -2.25. The molecule has 0 saturated heterocycles. The van der Waals surface area contributed by atoms with E-state index in [9.17, 15) is 9.59 Å². The summed E-state index contributed by atoms with van der Waals surface area (Å²) in [4.78, 5) is 26.9. The van der Waals surface area contributed by atoms with Gasteiger partial charge in [-0.1, -0.05) is 5.16 Å². The molecule has 1 aromatic rings. The van der Waals surface area contributed by atoms with E-state index in [1.807, 2.05) is 0 Å². The lowest BCUT2D eigenvalue weighted by molar-refractivity contribution is -0.149. The molecule has 0 aliphatic carbocycles. The van der Waals surface area contributed by atoms with E-state index >= 15 is 0 Å². The van der Waals surface area contributed by atoms with Crippen LogP contribution in [-0.4, -0.2) is 46.4 Å². The van der Waals surface area contributed by atoms with E-state index in [1.165, 1.54) is 14.0 Å². The number of carboxylic acids is 1. The zero-order valence-corrected chi connectivity index (χ0v) is 11.8. The van der Waals surface area contributed by atoms with Gasteiger partial charge in [0.15, 0.2) is 11.4 Å². The number of amides is 1. The summed E-state index contributed by atoms with van der Waals surface area (Å²) >= 11 is 0. The highest BCUT2D eigenvalue weighted by Gasteiger charge is 2.34. The molecule has 0 aromatic carbocycles. The molecule has 0 spiro atoms. The van der Waals surface area contributed by atoms with Crippen LogP contribution in [-0.2, 0) is 20.7 Å². The molecule has 0 saturated carbocycles. The third-order valence-corrected chi connectivity index (χ3v) is 2.68. The fourth-order valence-electron chi connectivity index (χ4n) is 1.65. The van der Waals surface area contributed by atoms with E-state index in [2.05, 4.69) is 15.5 Å². The molecular weight excluding hydrogens is 266 g/mol. The summed E-state index contributed by atoms with van der Waals surface area (Å²) in [6, 6.07) is 0. The van der Waals surface area contributed by atoms with E-state index in [0.29, 0.717) is 24.6 Å². The van der Waals surface area contributed by atoms with Gasteiger partial charge in [-0.3, -0.25) is 4.79 Å². The monoisotopic (exact) mass is 285 g/mol. The molecule has 0 aliphatic rings. The zero-order valence-electron chi connectivity index (χ0n) is 11.8. The molecule has 0 fully saturated rings. The molecule has 8 heteroatoms. The van der Waals surface area contributed by atoms with Gasteiger partial charge in [-0.05, 0) is 20.3 Å². The lowest BCUT2D eigenvalue weighted by atomic mass is 10.0. The molecule has 0 radical (unpaired) electrons. The normalized spacial score (nSPS) is 13.8. The van der Waals surface area contributed by atoms with Crippen LogP contribution in [0.2, 0.25) is 0 Å². The number of nitrogens with one attached hydrogen (secondary N) is 1. The van der Waals surface area contributed by atoms with Gasteiger partial charge in [0.25, 0.3) is 0 Å².